The molecule has 0 radical (unpaired) electrons. The highest BCUT2D eigenvalue weighted by Gasteiger charge is 2.48. The minimum absolute atomic E-state index is 0.149. The van der Waals surface area contributed by atoms with Crippen LogP contribution in [-0.4, -0.2) is 46.5 Å². The molecule has 1 aliphatic heterocycles. The molecule has 120 valence electrons. The van der Waals surface area contributed by atoms with Crippen LogP contribution in [0.3, 0.4) is 0 Å². The van der Waals surface area contributed by atoms with Gasteiger partial charge in [-0.2, -0.15) is 0 Å². The Morgan fingerprint density at radius 2 is 2.18 bits per heavy atom. The van der Waals surface area contributed by atoms with Crippen molar-refractivity contribution in [2.75, 3.05) is 18.8 Å². The normalized spacial score (nSPS) is 27.9. The second-order valence-corrected chi connectivity index (χ2v) is 5.40. The molecule has 0 spiro atoms. The molecule has 3 atom stereocenters. The molecular formula is C13H19N5O4. The monoisotopic (exact) mass is 309 g/mol. The van der Waals surface area contributed by atoms with Crippen molar-refractivity contribution in [3.8, 4) is 0 Å². The van der Waals surface area contributed by atoms with E-state index in [9.17, 15) is 14.7 Å². The van der Waals surface area contributed by atoms with E-state index in [2.05, 4.69) is 20.9 Å². The number of carboxylic acid groups (broad SMARTS) is 2. The Morgan fingerprint density at radius 3 is 2.77 bits per heavy atom. The first kappa shape index (κ1) is 15.8. The standard InChI is InChI=1S/C13H19N5O4/c1-7-4-16-6-13(18-12(21)22,10(7)17-11(19)20)8-2-3-15-5-9(8)14/h2-3,5,7,10,16-18H,4,6,14H2,1H3,(H,19,20)(H,21,22)/t7-,10-,13-/m0/s1. The molecule has 0 aliphatic carbocycles. The van der Waals surface area contributed by atoms with Gasteiger partial charge in [0.15, 0.2) is 0 Å². The highest BCUT2D eigenvalue weighted by Crippen LogP contribution is 2.34. The third-order valence-corrected chi connectivity index (χ3v) is 3.91. The zero-order valence-corrected chi connectivity index (χ0v) is 12.0. The summed E-state index contributed by atoms with van der Waals surface area (Å²) in [6, 6.07) is 0.925. The molecule has 2 heterocycles. The molecule has 1 aromatic rings. The number of rotatable bonds is 3. The molecule has 22 heavy (non-hydrogen) atoms. The molecule has 1 aliphatic rings. The lowest BCUT2D eigenvalue weighted by Gasteiger charge is -2.47. The lowest BCUT2D eigenvalue weighted by molar-refractivity contribution is 0.114. The molecule has 9 nitrogen and oxygen atoms in total. The average molecular weight is 309 g/mol. The Labute approximate surface area is 126 Å². The van der Waals surface area contributed by atoms with Crippen molar-refractivity contribution < 1.29 is 19.8 Å². The van der Waals surface area contributed by atoms with E-state index in [0.717, 1.165) is 0 Å². The molecule has 9 heteroatoms. The van der Waals surface area contributed by atoms with Gasteiger partial charge in [0, 0.05) is 18.3 Å². The average Bonchev–Trinajstić information content (AvgIpc) is 2.42. The molecule has 2 rings (SSSR count). The second-order valence-electron chi connectivity index (χ2n) is 5.40. The van der Waals surface area contributed by atoms with Crippen LogP contribution in [0.25, 0.3) is 0 Å². The van der Waals surface area contributed by atoms with Gasteiger partial charge in [-0.1, -0.05) is 6.92 Å². The fraction of sp³-hybridized carbons (Fsp3) is 0.462. The van der Waals surface area contributed by atoms with Gasteiger partial charge in [0.25, 0.3) is 0 Å². The van der Waals surface area contributed by atoms with Gasteiger partial charge in [-0.05, 0) is 18.5 Å². The Kier molecular flexibility index (Phi) is 4.36. The van der Waals surface area contributed by atoms with Crippen LogP contribution in [0.1, 0.15) is 12.5 Å². The van der Waals surface area contributed by atoms with Gasteiger partial charge < -0.3 is 31.9 Å². The van der Waals surface area contributed by atoms with Crippen LogP contribution in [0.4, 0.5) is 15.3 Å². The number of amides is 2. The number of carbonyl (C=O) groups is 2. The number of pyridine rings is 1. The zero-order valence-electron chi connectivity index (χ0n) is 12.0. The summed E-state index contributed by atoms with van der Waals surface area (Å²) in [6.07, 6.45) is 0.429. The Bertz CT molecular complexity index is 581. The topological polar surface area (TPSA) is 150 Å². The summed E-state index contributed by atoms with van der Waals surface area (Å²) < 4.78 is 0. The van der Waals surface area contributed by atoms with Crippen LogP contribution >= 0.6 is 0 Å². The van der Waals surface area contributed by atoms with Crippen LogP contribution in [0.5, 0.6) is 0 Å². The van der Waals surface area contributed by atoms with Gasteiger partial charge in [-0.25, -0.2) is 9.59 Å². The molecule has 2 amide bonds. The molecule has 1 fully saturated rings. The molecule has 0 unspecified atom stereocenters. The van der Waals surface area contributed by atoms with Crippen molar-refractivity contribution in [3.05, 3.63) is 24.0 Å². The minimum atomic E-state index is -1.26. The van der Waals surface area contributed by atoms with Crippen molar-refractivity contribution >= 4 is 17.9 Å². The molecule has 7 N–H and O–H groups in total. The summed E-state index contributed by atoms with van der Waals surface area (Å²) in [5.41, 5.74) is 5.52. The molecule has 1 saturated heterocycles. The molecule has 0 saturated carbocycles. The highest BCUT2D eigenvalue weighted by molar-refractivity contribution is 5.70. The zero-order chi connectivity index (χ0) is 16.3. The highest BCUT2D eigenvalue weighted by atomic mass is 16.4. The van der Waals surface area contributed by atoms with Crippen LogP contribution < -0.4 is 21.7 Å². The van der Waals surface area contributed by atoms with Gasteiger partial charge in [-0.15, -0.1) is 0 Å². The predicted molar refractivity (Wildman–Crippen MR) is 78.5 cm³/mol. The van der Waals surface area contributed by atoms with Gasteiger partial charge in [0.2, 0.25) is 0 Å². The number of anilines is 1. The van der Waals surface area contributed by atoms with Gasteiger partial charge in [-0.3, -0.25) is 4.98 Å². The number of nitrogens with two attached hydrogens (primary N) is 1. The van der Waals surface area contributed by atoms with Crippen molar-refractivity contribution in [2.24, 2.45) is 5.92 Å². The van der Waals surface area contributed by atoms with E-state index in [1.807, 2.05) is 6.92 Å². The second kappa shape index (κ2) is 6.06. The van der Waals surface area contributed by atoms with Crippen LogP contribution in [0.15, 0.2) is 18.5 Å². The van der Waals surface area contributed by atoms with E-state index in [-0.39, 0.29) is 12.5 Å². The summed E-state index contributed by atoms with van der Waals surface area (Å²) in [5.74, 6) is -0.149. The maximum Gasteiger partial charge on any atom is 0.405 e. The first-order valence-electron chi connectivity index (χ1n) is 6.78. The number of hydrogen-bond donors (Lipinski definition) is 6. The molecule has 0 bridgehead atoms. The summed E-state index contributed by atoms with van der Waals surface area (Å²) in [6.45, 7) is 2.60. The summed E-state index contributed by atoms with van der Waals surface area (Å²) >= 11 is 0. The molecule has 0 aromatic carbocycles. The summed E-state index contributed by atoms with van der Waals surface area (Å²) in [7, 11) is 0. The maximum atomic E-state index is 11.3. The number of nitrogens with zero attached hydrogens (tertiary/aromatic N) is 1. The number of hydrogen-bond acceptors (Lipinski definition) is 5. The predicted octanol–water partition coefficient (Wildman–Crippen LogP) is 0.00220. The van der Waals surface area contributed by atoms with Crippen molar-refractivity contribution in [1.82, 2.24) is 20.9 Å². The van der Waals surface area contributed by atoms with E-state index >= 15 is 0 Å². The van der Waals surface area contributed by atoms with E-state index < -0.39 is 23.8 Å². The Morgan fingerprint density at radius 1 is 1.45 bits per heavy atom. The number of piperidine rings is 1. The van der Waals surface area contributed by atoms with E-state index in [0.29, 0.717) is 17.8 Å². The van der Waals surface area contributed by atoms with Gasteiger partial charge in [0.05, 0.1) is 17.9 Å². The van der Waals surface area contributed by atoms with Crippen molar-refractivity contribution in [1.29, 1.82) is 0 Å². The fourth-order valence-corrected chi connectivity index (χ4v) is 3.06. The molecular weight excluding hydrogens is 290 g/mol. The largest absolute Gasteiger partial charge is 0.465 e. The number of nitrogens with one attached hydrogen (secondary N) is 3. The maximum absolute atomic E-state index is 11.3. The van der Waals surface area contributed by atoms with Gasteiger partial charge >= 0.3 is 12.2 Å². The number of aromatic nitrogens is 1. The SMILES string of the molecule is C[C@H]1CNC[C@](NC(=O)O)(c2ccncc2N)[C@H]1NC(=O)O. The lowest BCUT2D eigenvalue weighted by Crippen LogP contribution is -2.70. The van der Waals surface area contributed by atoms with E-state index in [1.165, 1.54) is 12.4 Å². The quantitative estimate of drug-likeness (QED) is 0.460. The number of nitrogen functional groups attached to an aromatic ring is 1. The fourth-order valence-electron chi connectivity index (χ4n) is 3.06. The Hall–Kier alpha value is -2.55. The first-order chi connectivity index (χ1) is 10.4. The van der Waals surface area contributed by atoms with Crippen LogP contribution in [0.2, 0.25) is 0 Å². The Balaban J connectivity index is 2.57. The van der Waals surface area contributed by atoms with Crippen LogP contribution in [-0.2, 0) is 5.54 Å². The van der Waals surface area contributed by atoms with E-state index in [4.69, 9.17) is 10.8 Å². The van der Waals surface area contributed by atoms with Crippen molar-refractivity contribution in [2.45, 2.75) is 18.5 Å². The van der Waals surface area contributed by atoms with E-state index in [1.54, 1.807) is 6.07 Å². The third-order valence-electron chi connectivity index (χ3n) is 3.91. The smallest absolute Gasteiger partial charge is 0.405 e. The summed E-state index contributed by atoms with van der Waals surface area (Å²) in [5, 5.41) is 26.4. The lowest BCUT2D eigenvalue weighted by atomic mass is 9.74. The van der Waals surface area contributed by atoms with Crippen molar-refractivity contribution in [3.63, 3.8) is 0 Å². The minimum Gasteiger partial charge on any atom is -0.465 e. The van der Waals surface area contributed by atoms with Crippen LogP contribution in [0, 0.1) is 5.92 Å². The summed E-state index contributed by atoms with van der Waals surface area (Å²) in [4.78, 5) is 26.4. The van der Waals surface area contributed by atoms with Gasteiger partial charge in [0.1, 0.15) is 5.54 Å². The first-order valence-corrected chi connectivity index (χ1v) is 6.78. The molecule has 1 aromatic heterocycles. The third kappa shape index (κ3) is 2.89.